The molecule has 132 valence electrons. The van der Waals surface area contributed by atoms with Crippen LogP contribution in [0.15, 0.2) is 53.5 Å². The summed E-state index contributed by atoms with van der Waals surface area (Å²) >= 11 is 0. The zero-order valence-corrected chi connectivity index (χ0v) is 14.8. The Morgan fingerprint density at radius 2 is 1.88 bits per heavy atom. The largest absolute Gasteiger partial charge is 0.369 e. The summed E-state index contributed by atoms with van der Waals surface area (Å²) in [7, 11) is 1.77. The van der Waals surface area contributed by atoms with Crippen LogP contribution in [0.1, 0.15) is 17.5 Å². The van der Waals surface area contributed by atoms with Crippen LogP contribution in [0, 0.1) is 12.7 Å². The Morgan fingerprint density at radius 1 is 1.16 bits per heavy atom. The smallest absolute Gasteiger partial charge is 0.191 e. The quantitative estimate of drug-likeness (QED) is 0.664. The lowest BCUT2D eigenvalue weighted by Crippen LogP contribution is -2.44. The normalized spacial score (nSPS) is 17.6. The molecule has 0 bridgehead atoms. The number of guanidine groups is 1. The van der Waals surface area contributed by atoms with Crippen LogP contribution in [0.25, 0.3) is 0 Å². The van der Waals surface area contributed by atoms with E-state index in [4.69, 9.17) is 0 Å². The highest BCUT2D eigenvalue weighted by atomic mass is 19.1. The second kappa shape index (κ2) is 8.01. The van der Waals surface area contributed by atoms with Crippen molar-refractivity contribution in [2.24, 2.45) is 4.99 Å². The Kier molecular flexibility index (Phi) is 5.53. The van der Waals surface area contributed by atoms with Crippen molar-refractivity contribution in [2.45, 2.75) is 25.9 Å². The van der Waals surface area contributed by atoms with Gasteiger partial charge in [0.2, 0.25) is 0 Å². The maximum absolute atomic E-state index is 13.0. The molecule has 0 spiro atoms. The van der Waals surface area contributed by atoms with Crippen LogP contribution < -0.4 is 15.5 Å². The van der Waals surface area contributed by atoms with Crippen LogP contribution in [0.3, 0.4) is 0 Å². The molecule has 2 aromatic carbocycles. The minimum atomic E-state index is -0.214. The predicted molar refractivity (Wildman–Crippen MR) is 102 cm³/mol. The molecule has 0 radical (unpaired) electrons. The molecule has 1 atom stereocenters. The summed E-state index contributed by atoms with van der Waals surface area (Å²) in [5, 5.41) is 6.77. The summed E-state index contributed by atoms with van der Waals surface area (Å²) in [5.74, 6) is 0.563. The average molecular weight is 340 g/mol. The number of anilines is 1. The average Bonchev–Trinajstić information content (AvgIpc) is 3.09. The van der Waals surface area contributed by atoms with Crippen LogP contribution >= 0.6 is 0 Å². The van der Waals surface area contributed by atoms with E-state index in [1.807, 2.05) is 0 Å². The minimum absolute atomic E-state index is 0.214. The van der Waals surface area contributed by atoms with Gasteiger partial charge in [-0.1, -0.05) is 29.8 Å². The maximum atomic E-state index is 13.0. The standard InChI is InChI=1S/C20H25FN4/c1-15-3-9-19(10-4-15)25-12-11-18(14-25)24-20(22-2)23-13-16-5-7-17(21)8-6-16/h3-10,18H,11-14H2,1-2H3,(H2,22,23,24). The van der Waals surface area contributed by atoms with E-state index in [2.05, 4.69) is 51.7 Å². The van der Waals surface area contributed by atoms with Gasteiger partial charge in [-0.05, 0) is 43.2 Å². The van der Waals surface area contributed by atoms with E-state index in [9.17, 15) is 4.39 Å². The van der Waals surface area contributed by atoms with Gasteiger partial charge < -0.3 is 15.5 Å². The number of benzene rings is 2. The lowest BCUT2D eigenvalue weighted by Gasteiger charge is -2.20. The summed E-state index contributed by atoms with van der Waals surface area (Å²) in [6.45, 7) is 4.72. The molecule has 0 aliphatic carbocycles. The summed E-state index contributed by atoms with van der Waals surface area (Å²) < 4.78 is 13.0. The predicted octanol–water partition coefficient (Wildman–Crippen LogP) is 3.08. The summed E-state index contributed by atoms with van der Waals surface area (Å²) in [4.78, 5) is 6.69. The zero-order valence-electron chi connectivity index (χ0n) is 14.8. The fraction of sp³-hybridized carbons (Fsp3) is 0.350. The fourth-order valence-corrected chi connectivity index (χ4v) is 3.04. The first kappa shape index (κ1) is 17.3. The highest BCUT2D eigenvalue weighted by molar-refractivity contribution is 5.80. The molecule has 2 N–H and O–H groups in total. The fourth-order valence-electron chi connectivity index (χ4n) is 3.04. The van der Waals surface area contributed by atoms with E-state index in [0.29, 0.717) is 12.6 Å². The molecule has 25 heavy (non-hydrogen) atoms. The second-order valence-electron chi connectivity index (χ2n) is 6.46. The van der Waals surface area contributed by atoms with Crippen LogP contribution in [0.4, 0.5) is 10.1 Å². The molecule has 2 aromatic rings. The number of aryl methyl sites for hydroxylation is 1. The van der Waals surface area contributed by atoms with Crippen LogP contribution in [0.5, 0.6) is 0 Å². The Bertz CT molecular complexity index is 709. The zero-order chi connectivity index (χ0) is 17.6. The van der Waals surface area contributed by atoms with E-state index < -0.39 is 0 Å². The summed E-state index contributed by atoms with van der Waals surface area (Å²) in [5.41, 5.74) is 3.57. The van der Waals surface area contributed by atoms with Gasteiger partial charge in [0, 0.05) is 38.4 Å². The van der Waals surface area contributed by atoms with Gasteiger partial charge >= 0.3 is 0 Å². The molecule has 1 aliphatic rings. The molecule has 1 aliphatic heterocycles. The van der Waals surface area contributed by atoms with Crippen LogP contribution in [-0.2, 0) is 6.54 Å². The molecule has 4 nitrogen and oxygen atoms in total. The van der Waals surface area contributed by atoms with Crippen LogP contribution in [-0.4, -0.2) is 32.1 Å². The van der Waals surface area contributed by atoms with Gasteiger partial charge in [0.1, 0.15) is 5.82 Å². The van der Waals surface area contributed by atoms with Crippen molar-refractivity contribution in [2.75, 3.05) is 25.0 Å². The Balaban J connectivity index is 1.50. The third-order valence-corrected chi connectivity index (χ3v) is 4.53. The van der Waals surface area contributed by atoms with Gasteiger partial charge in [0.15, 0.2) is 5.96 Å². The number of hydrogen-bond acceptors (Lipinski definition) is 2. The number of rotatable bonds is 4. The van der Waals surface area contributed by atoms with Crippen molar-refractivity contribution in [3.63, 3.8) is 0 Å². The highest BCUT2D eigenvalue weighted by Gasteiger charge is 2.23. The van der Waals surface area contributed by atoms with Crippen molar-refractivity contribution < 1.29 is 4.39 Å². The number of halogens is 1. The summed E-state index contributed by atoms with van der Waals surface area (Å²) in [6.07, 6.45) is 1.07. The van der Waals surface area contributed by atoms with E-state index in [1.165, 1.54) is 23.4 Å². The molecule has 1 fully saturated rings. The summed E-state index contributed by atoms with van der Waals surface area (Å²) in [6, 6.07) is 15.5. The molecular formula is C20H25FN4. The van der Waals surface area contributed by atoms with E-state index >= 15 is 0 Å². The Hall–Kier alpha value is -2.56. The second-order valence-corrected chi connectivity index (χ2v) is 6.46. The van der Waals surface area contributed by atoms with Crippen molar-refractivity contribution in [3.8, 4) is 0 Å². The number of nitrogens with one attached hydrogen (secondary N) is 2. The molecule has 0 saturated carbocycles. The topological polar surface area (TPSA) is 39.7 Å². The molecule has 3 rings (SSSR count). The first-order valence-corrected chi connectivity index (χ1v) is 8.67. The van der Waals surface area contributed by atoms with Crippen molar-refractivity contribution in [1.29, 1.82) is 0 Å². The van der Waals surface area contributed by atoms with Gasteiger partial charge in [-0.25, -0.2) is 4.39 Å². The lowest BCUT2D eigenvalue weighted by atomic mass is 10.2. The molecule has 1 saturated heterocycles. The van der Waals surface area contributed by atoms with E-state index in [1.54, 1.807) is 19.2 Å². The molecule has 0 amide bonds. The monoisotopic (exact) mass is 340 g/mol. The Labute approximate surface area is 148 Å². The van der Waals surface area contributed by atoms with E-state index in [-0.39, 0.29) is 5.82 Å². The SMILES string of the molecule is CN=C(NCc1ccc(F)cc1)NC1CCN(c2ccc(C)cc2)C1. The highest BCUT2D eigenvalue weighted by Crippen LogP contribution is 2.20. The molecule has 5 heteroatoms. The lowest BCUT2D eigenvalue weighted by molar-refractivity contribution is 0.626. The molecule has 1 unspecified atom stereocenters. The third kappa shape index (κ3) is 4.72. The number of nitrogens with zero attached hydrogens (tertiary/aromatic N) is 2. The van der Waals surface area contributed by atoms with Gasteiger partial charge in [0.05, 0.1) is 0 Å². The first-order chi connectivity index (χ1) is 12.1. The number of hydrogen-bond donors (Lipinski definition) is 2. The van der Waals surface area contributed by atoms with Crippen LogP contribution in [0.2, 0.25) is 0 Å². The molecule has 1 heterocycles. The molecular weight excluding hydrogens is 315 g/mol. The Morgan fingerprint density at radius 3 is 2.56 bits per heavy atom. The van der Waals surface area contributed by atoms with Gasteiger partial charge in [-0.15, -0.1) is 0 Å². The van der Waals surface area contributed by atoms with Gasteiger partial charge in [0.25, 0.3) is 0 Å². The van der Waals surface area contributed by atoms with Crippen molar-refractivity contribution >= 4 is 11.6 Å². The van der Waals surface area contributed by atoms with Gasteiger partial charge in [-0.2, -0.15) is 0 Å². The van der Waals surface area contributed by atoms with Crippen molar-refractivity contribution in [1.82, 2.24) is 10.6 Å². The maximum Gasteiger partial charge on any atom is 0.191 e. The third-order valence-electron chi connectivity index (χ3n) is 4.53. The minimum Gasteiger partial charge on any atom is -0.369 e. The van der Waals surface area contributed by atoms with Crippen molar-refractivity contribution in [3.05, 3.63) is 65.5 Å². The van der Waals surface area contributed by atoms with E-state index in [0.717, 1.165) is 31.0 Å². The molecule has 0 aromatic heterocycles. The first-order valence-electron chi connectivity index (χ1n) is 8.67. The number of aliphatic imine (C=N–C) groups is 1. The van der Waals surface area contributed by atoms with Gasteiger partial charge in [-0.3, -0.25) is 4.99 Å².